The molecule has 0 fully saturated rings. The third kappa shape index (κ3) is 3.67. The van der Waals surface area contributed by atoms with Crippen molar-refractivity contribution in [3.63, 3.8) is 0 Å². The van der Waals surface area contributed by atoms with Crippen LogP contribution in [0.2, 0.25) is 0 Å². The van der Waals surface area contributed by atoms with E-state index < -0.39 is 0 Å². The Morgan fingerprint density at radius 1 is 0.769 bits per heavy atom. The molecule has 0 spiro atoms. The molecule has 0 radical (unpaired) electrons. The van der Waals surface area contributed by atoms with Crippen molar-refractivity contribution in [1.82, 2.24) is 14.9 Å². The average Bonchev–Trinajstić information content (AvgIpc) is 3.18. The average molecular weight is 339 g/mol. The zero-order chi connectivity index (χ0) is 17.6. The molecule has 0 saturated carbocycles. The van der Waals surface area contributed by atoms with Crippen molar-refractivity contribution < 1.29 is 0 Å². The summed E-state index contributed by atoms with van der Waals surface area (Å²) in [7, 11) is 0. The van der Waals surface area contributed by atoms with Crippen LogP contribution in [0.3, 0.4) is 0 Å². The molecule has 0 aliphatic carbocycles. The Labute approximate surface area is 151 Å². The number of anilines is 2. The maximum Gasteiger partial charge on any atom is 0.184 e. The number of nitrogens with zero attached hydrogens (tertiary/aromatic N) is 4. The summed E-state index contributed by atoms with van der Waals surface area (Å²) < 4.78 is 1.67. The van der Waals surface area contributed by atoms with Gasteiger partial charge in [-0.1, -0.05) is 60.7 Å². The lowest BCUT2D eigenvalue weighted by atomic mass is 10.2. The number of para-hydroxylation sites is 1. The SMILES string of the molecule is C(=N/n1cnnc1-c1ccccc1)/c1ccc(Nc2ccccc2)cc1. The molecule has 1 aromatic heterocycles. The first-order valence-corrected chi connectivity index (χ1v) is 8.30. The van der Waals surface area contributed by atoms with Gasteiger partial charge in [0.25, 0.3) is 0 Å². The smallest absolute Gasteiger partial charge is 0.184 e. The van der Waals surface area contributed by atoms with E-state index in [4.69, 9.17) is 0 Å². The van der Waals surface area contributed by atoms with Crippen LogP contribution in [-0.2, 0) is 0 Å². The Kier molecular flexibility index (Phi) is 4.52. The van der Waals surface area contributed by atoms with E-state index in [1.807, 2.05) is 84.9 Å². The van der Waals surface area contributed by atoms with E-state index in [-0.39, 0.29) is 0 Å². The molecule has 1 N–H and O–H groups in total. The van der Waals surface area contributed by atoms with Crippen LogP contribution >= 0.6 is 0 Å². The molecule has 4 aromatic rings. The van der Waals surface area contributed by atoms with E-state index in [0.29, 0.717) is 5.82 Å². The van der Waals surface area contributed by atoms with Crippen molar-refractivity contribution in [1.29, 1.82) is 0 Å². The lowest BCUT2D eigenvalue weighted by Gasteiger charge is -2.06. The van der Waals surface area contributed by atoms with E-state index in [9.17, 15) is 0 Å². The standard InChI is InChI=1S/C21H17N5/c1-3-7-18(8-4-1)21-25-22-16-26(21)23-15-17-11-13-20(14-12-17)24-19-9-5-2-6-10-19/h1-16,24H/b23-15-. The van der Waals surface area contributed by atoms with Gasteiger partial charge in [0.15, 0.2) is 5.82 Å². The molecule has 5 heteroatoms. The zero-order valence-corrected chi connectivity index (χ0v) is 14.0. The monoisotopic (exact) mass is 339 g/mol. The van der Waals surface area contributed by atoms with Crippen LogP contribution in [0.25, 0.3) is 11.4 Å². The summed E-state index contributed by atoms with van der Waals surface area (Å²) in [5.41, 5.74) is 4.06. The Morgan fingerprint density at radius 3 is 2.15 bits per heavy atom. The number of nitrogens with one attached hydrogen (secondary N) is 1. The number of benzene rings is 3. The first-order chi connectivity index (χ1) is 12.9. The van der Waals surface area contributed by atoms with Crippen LogP contribution in [0.4, 0.5) is 11.4 Å². The minimum Gasteiger partial charge on any atom is -0.356 e. The van der Waals surface area contributed by atoms with Gasteiger partial charge >= 0.3 is 0 Å². The third-order valence-electron chi connectivity index (χ3n) is 3.87. The van der Waals surface area contributed by atoms with Crippen molar-refractivity contribution in [3.05, 3.63) is 96.8 Å². The Balaban J connectivity index is 1.49. The van der Waals surface area contributed by atoms with Crippen LogP contribution in [0.1, 0.15) is 5.56 Å². The van der Waals surface area contributed by atoms with Crippen molar-refractivity contribution in [2.75, 3.05) is 5.32 Å². The Hall–Kier alpha value is -3.73. The van der Waals surface area contributed by atoms with Gasteiger partial charge in [-0.3, -0.25) is 0 Å². The molecule has 26 heavy (non-hydrogen) atoms. The largest absolute Gasteiger partial charge is 0.356 e. The highest BCUT2D eigenvalue weighted by atomic mass is 15.4. The van der Waals surface area contributed by atoms with Gasteiger partial charge in [-0.05, 0) is 29.8 Å². The topological polar surface area (TPSA) is 55.1 Å². The van der Waals surface area contributed by atoms with Gasteiger partial charge in [-0.25, -0.2) is 0 Å². The van der Waals surface area contributed by atoms with Crippen LogP contribution in [0.15, 0.2) is 96.4 Å². The van der Waals surface area contributed by atoms with Crippen molar-refractivity contribution in [2.24, 2.45) is 5.10 Å². The van der Waals surface area contributed by atoms with Gasteiger partial charge in [0.2, 0.25) is 0 Å². The van der Waals surface area contributed by atoms with Crippen LogP contribution < -0.4 is 5.32 Å². The molecule has 1 heterocycles. The van der Waals surface area contributed by atoms with Crippen molar-refractivity contribution in [3.8, 4) is 11.4 Å². The maximum absolute atomic E-state index is 4.47. The second kappa shape index (κ2) is 7.44. The highest BCUT2D eigenvalue weighted by Crippen LogP contribution is 2.17. The molecule has 0 saturated heterocycles. The van der Waals surface area contributed by atoms with E-state index in [1.165, 1.54) is 0 Å². The molecule has 0 aliphatic rings. The van der Waals surface area contributed by atoms with Crippen LogP contribution in [-0.4, -0.2) is 21.1 Å². The predicted octanol–water partition coefficient (Wildman–Crippen LogP) is 4.57. The van der Waals surface area contributed by atoms with Gasteiger partial charge in [-0.15, -0.1) is 10.2 Å². The number of hydrogen-bond acceptors (Lipinski definition) is 4. The van der Waals surface area contributed by atoms with E-state index >= 15 is 0 Å². The number of hydrogen-bond donors (Lipinski definition) is 1. The Morgan fingerprint density at radius 2 is 1.42 bits per heavy atom. The van der Waals surface area contributed by atoms with Gasteiger partial charge in [0.1, 0.15) is 6.33 Å². The molecule has 0 amide bonds. The summed E-state index contributed by atoms with van der Waals surface area (Å²) in [6.45, 7) is 0. The normalized spacial score (nSPS) is 10.9. The predicted molar refractivity (Wildman–Crippen MR) is 105 cm³/mol. The summed E-state index contributed by atoms with van der Waals surface area (Å²) >= 11 is 0. The third-order valence-corrected chi connectivity index (χ3v) is 3.87. The second-order valence-electron chi connectivity index (χ2n) is 5.72. The lowest BCUT2D eigenvalue weighted by Crippen LogP contribution is -1.94. The minimum atomic E-state index is 0.712. The van der Waals surface area contributed by atoms with Gasteiger partial charge < -0.3 is 5.32 Å². The fraction of sp³-hybridized carbons (Fsp3) is 0. The van der Waals surface area contributed by atoms with Crippen LogP contribution in [0, 0.1) is 0 Å². The fourth-order valence-corrected chi connectivity index (χ4v) is 2.56. The molecule has 4 rings (SSSR count). The summed E-state index contributed by atoms with van der Waals surface area (Å²) in [4.78, 5) is 0. The van der Waals surface area contributed by atoms with Gasteiger partial charge in [0.05, 0.1) is 6.21 Å². The van der Waals surface area contributed by atoms with Crippen molar-refractivity contribution >= 4 is 17.6 Å². The quantitative estimate of drug-likeness (QED) is 0.542. The Bertz CT molecular complexity index is 990. The summed E-state index contributed by atoms with van der Waals surface area (Å²) in [6.07, 6.45) is 3.40. The summed E-state index contributed by atoms with van der Waals surface area (Å²) in [5, 5.41) is 15.9. The molecular weight excluding hydrogens is 322 g/mol. The number of aromatic nitrogens is 3. The molecule has 5 nitrogen and oxygen atoms in total. The molecule has 0 bridgehead atoms. The second-order valence-corrected chi connectivity index (χ2v) is 5.72. The van der Waals surface area contributed by atoms with Gasteiger partial charge in [-0.2, -0.15) is 9.78 Å². The van der Waals surface area contributed by atoms with E-state index in [2.05, 4.69) is 20.6 Å². The van der Waals surface area contributed by atoms with Crippen LogP contribution in [0.5, 0.6) is 0 Å². The van der Waals surface area contributed by atoms with Gasteiger partial charge in [0, 0.05) is 16.9 Å². The molecule has 0 unspecified atom stereocenters. The molecule has 126 valence electrons. The molecule has 0 aliphatic heterocycles. The molecule has 3 aromatic carbocycles. The highest BCUT2D eigenvalue weighted by molar-refractivity contribution is 5.80. The lowest BCUT2D eigenvalue weighted by molar-refractivity contribution is 0.888. The maximum atomic E-state index is 4.47. The number of rotatable bonds is 5. The fourth-order valence-electron chi connectivity index (χ4n) is 2.56. The molecule has 0 atom stereocenters. The summed E-state index contributed by atoms with van der Waals surface area (Å²) in [5.74, 6) is 0.712. The highest BCUT2D eigenvalue weighted by Gasteiger charge is 2.05. The first kappa shape index (κ1) is 15.8. The molecular formula is C21H17N5. The van der Waals surface area contributed by atoms with E-state index in [1.54, 1.807) is 17.2 Å². The first-order valence-electron chi connectivity index (χ1n) is 8.30. The van der Waals surface area contributed by atoms with Crippen molar-refractivity contribution in [2.45, 2.75) is 0 Å². The zero-order valence-electron chi connectivity index (χ0n) is 14.0. The minimum absolute atomic E-state index is 0.712. The summed E-state index contributed by atoms with van der Waals surface area (Å²) in [6, 6.07) is 28.0. The van der Waals surface area contributed by atoms with E-state index in [0.717, 1.165) is 22.5 Å².